The molecular weight excluding hydrogens is 214 g/mol. The first-order valence-electron chi connectivity index (χ1n) is 4.12. The van der Waals surface area contributed by atoms with Crippen LogP contribution in [0.2, 0.25) is 0 Å². The highest BCUT2D eigenvalue weighted by Crippen LogP contribution is 2.30. The number of para-hydroxylation sites is 1. The zero-order chi connectivity index (χ0) is 12.1. The summed E-state index contributed by atoms with van der Waals surface area (Å²) >= 11 is 0. The molecule has 0 saturated heterocycles. The number of benzene rings is 1. The predicted octanol–water partition coefficient (Wildman–Crippen LogP) is 0.814. The van der Waals surface area contributed by atoms with Crippen molar-refractivity contribution in [2.45, 2.75) is 0 Å². The molecule has 0 aliphatic rings. The molecule has 16 heavy (non-hydrogen) atoms. The van der Waals surface area contributed by atoms with Crippen LogP contribution >= 0.6 is 0 Å². The fraction of sp³-hybridized carbons (Fsp3) is 0.111. The second-order valence-electron chi connectivity index (χ2n) is 2.68. The number of nitrogens with zero attached hydrogens (tertiary/aromatic N) is 2. The largest absolute Gasteiger partial charge is 0.490 e. The van der Waals surface area contributed by atoms with Gasteiger partial charge in [-0.15, -0.1) is 0 Å². The summed E-state index contributed by atoms with van der Waals surface area (Å²) in [4.78, 5) is 21.3. The van der Waals surface area contributed by atoms with Gasteiger partial charge in [-0.05, 0) is 6.07 Å². The summed E-state index contributed by atoms with van der Waals surface area (Å²) in [5, 5.41) is 20.8. The number of nitrogens with one attached hydrogen (secondary N) is 1. The van der Waals surface area contributed by atoms with Gasteiger partial charge in [-0.3, -0.25) is 20.2 Å². The number of nitriles is 1. The van der Waals surface area contributed by atoms with E-state index in [0.29, 0.717) is 0 Å². The first-order chi connectivity index (χ1) is 7.61. The molecule has 0 atom stereocenters. The number of rotatable bonds is 3. The molecule has 0 bridgehead atoms. The van der Waals surface area contributed by atoms with Crippen molar-refractivity contribution in [2.24, 2.45) is 0 Å². The van der Waals surface area contributed by atoms with Crippen molar-refractivity contribution in [3.63, 3.8) is 0 Å². The van der Waals surface area contributed by atoms with E-state index >= 15 is 0 Å². The number of amides is 1. The number of hydrogen-bond acceptors (Lipinski definition) is 5. The lowest BCUT2D eigenvalue weighted by atomic mass is 10.1. The normalized spacial score (nSPS) is 9.00. The first-order valence-corrected chi connectivity index (χ1v) is 4.12. The minimum atomic E-state index is -0.747. The maximum absolute atomic E-state index is 11.4. The minimum absolute atomic E-state index is 0.0572. The molecule has 1 rings (SSSR count). The molecule has 7 nitrogen and oxygen atoms in total. The van der Waals surface area contributed by atoms with E-state index in [9.17, 15) is 14.9 Å². The summed E-state index contributed by atoms with van der Waals surface area (Å²) in [6, 6.07) is 3.88. The summed E-state index contributed by atoms with van der Waals surface area (Å²) in [6.45, 7) is 0. The van der Waals surface area contributed by atoms with E-state index in [-0.39, 0.29) is 17.0 Å². The average Bonchev–Trinajstić information content (AvgIpc) is 2.28. The molecule has 0 aromatic heterocycles. The highest BCUT2D eigenvalue weighted by atomic mass is 16.6. The van der Waals surface area contributed by atoms with Crippen molar-refractivity contribution >= 4 is 11.6 Å². The molecule has 0 unspecified atom stereocenters. The van der Waals surface area contributed by atoms with E-state index in [1.165, 1.54) is 31.5 Å². The molecule has 0 radical (unpaired) electrons. The van der Waals surface area contributed by atoms with E-state index < -0.39 is 10.8 Å². The number of carbonyl (C=O) groups excluding carboxylic acids is 1. The Morgan fingerprint density at radius 1 is 1.62 bits per heavy atom. The minimum Gasteiger partial charge on any atom is -0.490 e. The number of methoxy groups -OCH3 is 1. The molecule has 0 saturated carbocycles. The number of carbonyl (C=O) groups is 1. The highest BCUT2D eigenvalue weighted by molar-refractivity contribution is 5.99. The highest BCUT2D eigenvalue weighted by Gasteiger charge is 2.22. The molecule has 1 amide bonds. The van der Waals surface area contributed by atoms with Crippen LogP contribution in [0.4, 0.5) is 5.69 Å². The van der Waals surface area contributed by atoms with E-state index in [1.807, 2.05) is 5.32 Å². The molecule has 0 heterocycles. The van der Waals surface area contributed by atoms with Crippen molar-refractivity contribution < 1.29 is 14.5 Å². The third kappa shape index (κ3) is 2.06. The van der Waals surface area contributed by atoms with Crippen LogP contribution in [0.15, 0.2) is 18.2 Å². The lowest BCUT2D eigenvalue weighted by Crippen LogP contribution is -2.18. The molecule has 82 valence electrons. The Morgan fingerprint density at radius 3 is 2.81 bits per heavy atom. The van der Waals surface area contributed by atoms with E-state index in [1.54, 1.807) is 0 Å². The summed E-state index contributed by atoms with van der Waals surface area (Å²) < 4.78 is 4.79. The standard InChI is InChI=1S/C9H7N3O4/c1-16-8-6(9(13)11-5-10)3-2-4-7(8)12(14)15/h2-4H,1H3,(H,11,13). The van der Waals surface area contributed by atoms with Gasteiger partial charge < -0.3 is 4.74 Å². The van der Waals surface area contributed by atoms with Crippen molar-refractivity contribution in [3.8, 4) is 11.9 Å². The maximum Gasteiger partial charge on any atom is 0.311 e. The van der Waals surface area contributed by atoms with E-state index in [0.717, 1.165) is 0 Å². The van der Waals surface area contributed by atoms with Crippen LogP contribution in [-0.4, -0.2) is 17.9 Å². The zero-order valence-corrected chi connectivity index (χ0v) is 8.26. The number of hydrogen-bond donors (Lipinski definition) is 1. The summed E-state index contributed by atoms with van der Waals surface area (Å²) in [5.74, 6) is -0.914. The van der Waals surface area contributed by atoms with Crippen molar-refractivity contribution in [1.82, 2.24) is 5.32 Å². The third-order valence-electron chi connectivity index (χ3n) is 1.81. The van der Waals surface area contributed by atoms with Crippen molar-refractivity contribution in [2.75, 3.05) is 7.11 Å². The summed E-state index contributed by atoms with van der Waals surface area (Å²) in [5.41, 5.74) is -0.383. The Hall–Kier alpha value is -2.62. The topological polar surface area (TPSA) is 105 Å². The van der Waals surface area contributed by atoms with Gasteiger partial charge in [-0.1, -0.05) is 6.07 Å². The molecule has 1 aromatic rings. The SMILES string of the molecule is COc1c(C(=O)NC#N)cccc1[N+](=O)[O-]. The Labute approximate surface area is 90.4 Å². The summed E-state index contributed by atoms with van der Waals surface area (Å²) in [6.07, 6.45) is 1.44. The fourth-order valence-electron chi connectivity index (χ4n) is 1.18. The molecule has 0 aliphatic heterocycles. The number of nitro benzene ring substituents is 1. The van der Waals surface area contributed by atoms with Gasteiger partial charge in [0.2, 0.25) is 5.75 Å². The van der Waals surface area contributed by atoms with Gasteiger partial charge >= 0.3 is 5.69 Å². The van der Waals surface area contributed by atoms with Crippen LogP contribution in [0, 0.1) is 21.6 Å². The second-order valence-corrected chi connectivity index (χ2v) is 2.68. The lowest BCUT2D eigenvalue weighted by molar-refractivity contribution is -0.385. The maximum atomic E-state index is 11.4. The van der Waals surface area contributed by atoms with Gasteiger partial charge in [0.15, 0.2) is 6.19 Å². The van der Waals surface area contributed by atoms with Crippen LogP contribution in [-0.2, 0) is 0 Å². The van der Waals surface area contributed by atoms with Gasteiger partial charge in [0.1, 0.15) is 0 Å². The monoisotopic (exact) mass is 221 g/mol. The molecule has 7 heteroatoms. The zero-order valence-electron chi connectivity index (χ0n) is 8.26. The fourth-order valence-corrected chi connectivity index (χ4v) is 1.18. The van der Waals surface area contributed by atoms with Crippen molar-refractivity contribution in [1.29, 1.82) is 5.26 Å². The smallest absolute Gasteiger partial charge is 0.311 e. The van der Waals surface area contributed by atoms with Crippen molar-refractivity contribution in [3.05, 3.63) is 33.9 Å². The van der Waals surface area contributed by atoms with Gasteiger partial charge in [0, 0.05) is 6.07 Å². The lowest BCUT2D eigenvalue weighted by Gasteiger charge is -2.06. The van der Waals surface area contributed by atoms with Crippen LogP contribution in [0.1, 0.15) is 10.4 Å². The molecule has 0 fully saturated rings. The van der Waals surface area contributed by atoms with Crippen LogP contribution in [0.3, 0.4) is 0 Å². The van der Waals surface area contributed by atoms with Crippen LogP contribution in [0.25, 0.3) is 0 Å². The van der Waals surface area contributed by atoms with Gasteiger partial charge in [-0.2, -0.15) is 5.26 Å². The van der Waals surface area contributed by atoms with E-state index in [4.69, 9.17) is 10.00 Å². The molecular formula is C9H7N3O4. The molecule has 0 aliphatic carbocycles. The molecule has 1 aromatic carbocycles. The van der Waals surface area contributed by atoms with Gasteiger partial charge in [0.05, 0.1) is 17.6 Å². The van der Waals surface area contributed by atoms with Crippen LogP contribution < -0.4 is 10.1 Å². The third-order valence-corrected chi connectivity index (χ3v) is 1.81. The van der Waals surface area contributed by atoms with E-state index in [2.05, 4.69) is 0 Å². The Morgan fingerprint density at radius 2 is 2.31 bits per heavy atom. The number of ether oxygens (including phenoxy) is 1. The average molecular weight is 221 g/mol. The Bertz CT molecular complexity index is 478. The van der Waals surface area contributed by atoms with Gasteiger partial charge in [-0.25, -0.2) is 0 Å². The second kappa shape index (κ2) is 4.75. The quantitative estimate of drug-likeness (QED) is 0.352. The summed E-state index contributed by atoms with van der Waals surface area (Å²) in [7, 11) is 1.21. The predicted molar refractivity (Wildman–Crippen MR) is 52.7 cm³/mol. The number of nitro groups is 1. The first kappa shape index (κ1) is 11.5. The molecule has 1 N–H and O–H groups in total. The Kier molecular flexibility index (Phi) is 3.40. The van der Waals surface area contributed by atoms with Crippen LogP contribution in [0.5, 0.6) is 5.75 Å². The van der Waals surface area contributed by atoms with Gasteiger partial charge in [0.25, 0.3) is 5.91 Å². The Balaban J connectivity index is 3.30. The molecule has 0 spiro atoms.